The van der Waals surface area contributed by atoms with Gasteiger partial charge in [0.15, 0.2) is 0 Å². The summed E-state index contributed by atoms with van der Waals surface area (Å²) in [6, 6.07) is 0. The molecule has 0 spiro atoms. The molecule has 0 saturated heterocycles. The van der Waals surface area contributed by atoms with Crippen LogP contribution in [0.5, 0.6) is 0 Å². The Kier molecular flexibility index (Phi) is 22.4. The molecule has 0 heterocycles. The average molecular weight is 547 g/mol. The molecule has 0 aromatic heterocycles. The molecule has 0 saturated carbocycles. The summed E-state index contributed by atoms with van der Waals surface area (Å²) in [5, 5.41) is 0. The quantitative estimate of drug-likeness (QED) is 0.133. The van der Waals surface area contributed by atoms with Crippen LogP contribution in [0.2, 0.25) is 0 Å². The van der Waals surface area contributed by atoms with Crippen molar-refractivity contribution in [1.82, 2.24) is 0 Å². The van der Waals surface area contributed by atoms with Gasteiger partial charge in [0, 0.05) is 0 Å². The van der Waals surface area contributed by atoms with E-state index < -0.39 is 0 Å². The molecule has 1 rings (SSSR count). The lowest BCUT2D eigenvalue weighted by atomic mass is 9.86. The van der Waals surface area contributed by atoms with Crippen molar-refractivity contribution in [3.63, 3.8) is 0 Å². The molecule has 1 unspecified atom stereocenters. The van der Waals surface area contributed by atoms with Crippen LogP contribution >= 0.6 is 0 Å². The van der Waals surface area contributed by atoms with E-state index >= 15 is 0 Å². The van der Waals surface area contributed by atoms with Crippen molar-refractivity contribution in [1.29, 1.82) is 0 Å². The molecule has 0 aliphatic heterocycles. The van der Waals surface area contributed by atoms with Crippen molar-refractivity contribution < 1.29 is 0 Å². The van der Waals surface area contributed by atoms with E-state index in [2.05, 4.69) is 118 Å². The van der Waals surface area contributed by atoms with Gasteiger partial charge in [0.2, 0.25) is 0 Å². The molecule has 1 aliphatic rings. The topological polar surface area (TPSA) is 0 Å². The summed E-state index contributed by atoms with van der Waals surface area (Å²) in [6.45, 7) is 26.1. The Hall–Kier alpha value is -2.08. The van der Waals surface area contributed by atoms with Crippen molar-refractivity contribution in [2.45, 2.75) is 153 Å². The van der Waals surface area contributed by atoms with Crippen LogP contribution in [-0.4, -0.2) is 0 Å². The first-order chi connectivity index (χ1) is 18.9. The summed E-state index contributed by atoms with van der Waals surface area (Å²) < 4.78 is 0. The van der Waals surface area contributed by atoms with E-state index in [-0.39, 0.29) is 0 Å². The minimum atomic E-state index is 0.767. The summed E-state index contributed by atoms with van der Waals surface area (Å²) in [5.41, 5.74) is 11.9. The van der Waals surface area contributed by atoms with Gasteiger partial charge in [-0.3, -0.25) is 0 Å². The SMILES string of the molecule is C=C(C)C1CC=C(C)CC1.CC(C)=CCC/C(C)=C/CC/C(C)=C/CC/C=C(\C)CC/C=C(\C)CCC=C(C)C. The van der Waals surface area contributed by atoms with E-state index in [1.165, 1.54) is 122 Å². The Morgan fingerprint density at radius 1 is 0.600 bits per heavy atom. The third-order valence-corrected chi connectivity index (χ3v) is 7.73. The monoisotopic (exact) mass is 547 g/mol. The predicted octanol–water partition coefficient (Wildman–Crippen LogP) is 13.9. The van der Waals surface area contributed by atoms with Crippen LogP contribution in [0.15, 0.2) is 93.7 Å². The van der Waals surface area contributed by atoms with E-state index in [0.29, 0.717) is 0 Å². The van der Waals surface area contributed by atoms with Crippen LogP contribution in [0.25, 0.3) is 0 Å². The summed E-state index contributed by atoms with van der Waals surface area (Å²) in [4.78, 5) is 0. The lowest BCUT2D eigenvalue weighted by Crippen LogP contribution is -2.04. The van der Waals surface area contributed by atoms with Crippen LogP contribution in [0.4, 0.5) is 0 Å². The van der Waals surface area contributed by atoms with E-state index in [9.17, 15) is 0 Å². The molecular formula is C40H66. The van der Waals surface area contributed by atoms with E-state index in [0.717, 1.165) is 5.92 Å². The second-order valence-electron chi connectivity index (χ2n) is 12.9. The Labute approximate surface area is 251 Å². The molecule has 0 aromatic carbocycles. The Balaban J connectivity index is 0.00000126. The van der Waals surface area contributed by atoms with E-state index in [4.69, 9.17) is 0 Å². The fraction of sp³-hybridized carbons (Fsp3) is 0.600. The molecular weight excluding hydrogens is 480 g/mol. The van der Waals surface area contributed by atoms with E-state index in [1.807, 2.05) is 0 Å². The number of allylic oxidation sites excluding steroid dienone is 15. The maximum absolute atomic E-state index is 3.97. The van der Waals surface area contributed by atoms with Crippen molar-refractivity contribution in [2.75, 3.05) is 0 Å². The van der Waals surface area contributed by atoms with Crippen molar-refractivity contribution in [2.24, 2.45) is 5.92 Å². The summed E-state index contributed by atoms with van der Waals surface area (Å²) >= 11 is 0. The van der Waals surface area contributed by atoms with Gasteiger partial charge >= 0.3 is 0 Å². The van der Waals surface area contributed by atoms with Gasteiger partial charge in [0.25, 0.3) is 0 Å². The fourth-order valence-corrected chi connectivity index (χ4v) is 4.75. The number of rotatable bonds is 16. The van der Waals surface area contributed by atoms with E-state index in [1.54, 1.807) is 5.57 Å². The maximum atomic E-state index is 3.97. The van der Waals surface area contributed by atoms with Gasteiger partial charge < -0.3 is 0 Å². The molecule has 226 valence electrons. The van der Waals surface area contributed by atoms with Crippen LogP contribution in [0.1, 0.15) is 153 Å². The summed E-state index contributed by atoms with van der Waals surface area (Å²) in [7, 11) is 0. The van der Waals surface area contributed by atoms with Gasteiger partial charge in [-0.25, -0.2) is 0 Å². The Morgan fingerprint density at radius 3 is 1.25 bits per heavy atom. The molecule has 1 aliphatic carbocycles. The van der Waals surface area contributed by atoms with Crippen molar-refractivity contribution >= 4 is 0 Å². The minimum Gasteiger partial charge on any atom is -0.0998 e. The first-order valence-corrected chi connectivity index (χ1v) is 16.1. The third kappa shape index (κ3) is 23.8. The predicted molar refractivity (Wildman–Crippen MR) is 186 cm³/mol. The molecule has 40 heavy (non-hydrogen) atoms. The van der Waals surface area contributed by atoms with Crippen LogP contribution < -0.4 is 0 Å². The average Bonchev–Trinajstić information content (AvgIpc) is 2.87. The Morgan fingerprint density at radius 2 is 0.950 bits per heavy atom. The molecule has 0 bridgehead atoms. The number of hydrogen-bond acceptors (Lipinski definition) is 0. The molecule has 0 heteroatoms. The van der Waals surface area contributed by atoms with Gasteiger partial charge in [-0.15, -0.1) is 0 Å². The molecule has 1 atom stereocenters. The normalized spacial score (nSPS) is 16.6. The van der Waals surface area contributed by atoms with Crippen LogP contribution in [0.3, 0.4) is 0 Å². The maximum Gasteiger partial charge on any atom is -0.0171 e. The van der Waals surface area contributed by atoms with Crippen LogP contribution in [-0.2, 0) is 0 Å². The van der Waals surface area contributed by atoms with Crippen molar-refractivity contribution in [3.05, 3.63) is 93.7 Å². The Bertz CT molecular complexity index is 869. The number of hydrogen-bond donors (Lipinski definition) is 0. The minimum absolute atomic E-state index is 0.767. The molecule has 0 aromatic rings. The summed E-state index contributed by atoms with van der Waals surface area (Å²) in [5.74, 6) is 0.767. The lowest BCUT2D eigenvalue weighted by Gasteiger charge is -2.19. The van der Waals surface area contributed by atoms with Gasteiger partial charge in [0.1, 0.15) is 0 Å². The first-order valence-electron chi connectivity index (χ1n) is 16.1. The zero-order chi connectivity index (χ0) is 30.3. The van der Waals surface area contributed by atoms with Crippen molar-refractivity contribution in [3.8, 4) is 0 Å². The second kappa shape index (κ2) is 23.6. The highest BCUT2D eigenvalue weighted by Crippen LogP contribution is 2.27. The largest absolute Gasteiger partial charge is 0.0998 e. The molecule has 0 amide bonds. The third-order valence-electron chi connectivity index (χ3n) is 7.73. The molecule has 0 nitrogen and oxygen atoms in total. The highest BCUT2D eigenvalue weighted by Gasteiger charge is 2.11. The van der Waals surface area contributed by atoms with Gasteiger partial charge in [-0.2, -0.15) is 0 Å². The zero-order valence-corrected chi connectivity index (χ0v) is 28.5. The lowest BCUT2D eigenvalue weighted by molar-refractivity contribution is 0.540. The highest BCUT2D eigenvalue weighted by atomic mass is 14.2. The molecule has 0 radical (unpaired) electrons. The fourth-order valence-electron chi connectivity index (χ4n) is 4.75. The standard InChI is InChI=1S/C30H50.C10H16/c1-25(2)15-11-19-29(7)23-13-21-27(5)17-9-10-18-28(6)22-14-24-30(8)20-12-16-26(3)4;1-8(2)10-6-4-9(3)5-7-10/h15-18,23-24H,9-14,19-22H2,1-8H3;4,10H,1,5-7H2,2-3H3/b27-17+,28-18+,29-23+,30-24+;. The van der Waals surface area contributed by atoms with Gasteiger partial charge in [0.05, 0.1) is 0 Å². The number of unbranched alkanes of at least 4 members (excludes halogenated alkanes) is 1. The highest BCUT2D eigenvalue weighted by molar-refractivity contribution is 5.10. The smallest absolute Gasteiger partial charge is 0.0171 e. The zero-order valence-electron chi connectivity index (χ0n) is 28.5. The first kappa shape index (κ1) is 37.9. The molecule has 0 fully saturated rings. The molecule has 0 N–H and O–H groups in total. The van der Waals surface area contributed by atoms with Crippen LogP contribution in [0, 0.1) is 5.92 Å². The van der Waals surface area contributed by atoms with Gasteiger partial charge in [-0.1, -0.05) is 93.7 Å². The van der Waals surface area contributed by atoms with Gasteiger partial charge in [-0.05, 0) is 159 Å². The second-order valence-corrected chi connectivity index (χ2v) is 12.9. The summed E-state index contributed by atoms with van der Waals surface area (Å²) in [6.07, 6.45) is 32.4.